The maximum atomic E-state index is 9.13. The van der Waals surface area contributed by atoms with Gasteiger partial charge in [0.2, 0.25) is 11.1 Å². The number of halogens is 1. The van der Waals surface area contributed by atoms with Gasteiger partial charge >= 0.3 is 5.69 Å². The fraction of sp³-hybridized carbons (Fsp3) is 0.294. The third-order valence-corrected chi connectivity index (χ3v) is 4.03. The molecule has 122 valence electrons. The van der Waals surface area contributed by atoms with Crippen molar-refractivity contribution in [1.82, 2.24) is 0 Å². The van der Waals surface area contributed by atoms with Gasteiger partial charge in [-0.25, -0.2) is 0 Å². The van der Waals surface area contributed by atoms with Gasteiger partial charge in [-0.05, 0) is 32.9 Å². The van der Waals surface area contributed by atoms with Crippen LogP contribution in [0, 0.1) is 12.3 Å². The van der Waals surface area contributed by atoms with Crippen molar-refractivity contribution in [2.75, 3.05) is 13.2 Å². The molecule has 6 heteroatoms. The van der Waals surface area contributed by atoms with Crippen molar-refractivity contribution in [3.05, 3.63) is 46.9 Å². The van der Waals surface area contributed by atoms with E-state index in [1.165, 1.54) is 5.56 Å². The Morgan fingerprint density at radius 3 is 2.17 bits per heavy atom. The number of aryl methyl sites for hydroxylation is 1. The van der Waals surface area contributed by atoms with Crippen LogP contribution in [-0.2, 0) is 0 Å². The zero-order chi connectivity index (χ0) is 15.9. The van der Waals surface area contributed by atoms with E-state index in [4.69, 9.17) is 14.9 Å². The van der Waals surface area contributed by atoms with Gasteiger partial charge in [-0.1, -0.05) is 29.5 Å². The minimum absolute atomic E-state index is 0. The molecule has 2 aromatic rings. The summed E-state index contributed by atoms with van der Waals surface area (Å²) in [6, 6.07) is 11.8. The molecule has 0 aliphatic carbocycles. The van der Waals surface area contributed by atoms with Gasteiger partial charge in [-0.3, -0.25) is 0 Å². The van der Waals surface area contributed by atoms with Crippen LogP contribution in [0.5, 0.6) is 11.5 Å². The molecule has 2 rings (SSSR count). The summed E-state index contributed by atoms with van der Waals surface area (Å²) in [5.41, 5.74) is 1.59. The molecule has 0 unspecified atom stereocenters. The molecule has 0 bridgehead atoms. The predicted molar refractivity (Wildman–Crippen MR) is 88.8 cm³/mol. The molecule has 0 amide bonds. The predicted octanol–water partition coefficient (Wildman–Crippen LogP) is 2.43. The molecule has 0 spiro atoms. The zero-order valence-corrected chi connectivity index (χ0v) is 14.9. The second kappa shape index (κ2) is 9.29. The van der Waals surface area contributed by atoms with E-state index in [9.17, 15) is 0 Å². The van der Waals surface area contributed by atoms with Gasteiger partial charge in [0.15, 0.2) is 4.98 Å². The molecule has 0 atom stereocenters. The second-order valence-electron chi connectivity index (χ2n) is 4.65. The summed E-state index contributed by atoms with van der Waals surface area (Å²) in [7, 11) is 0. The SMILES string of the molecule is CCOc1cc(Sc2ccc(C)cc2)c(OCC)cc1[N+]#N.[Cl-]. The Balaban J connectivity index is 0.00000264. The van der Waals surface area contributed by atoms with Crippen molar-refractivity contribution in [1.29, 1.82) is 5.39 Å². The molecule has 0 saturated heterocycles. The number of rotatable bonds is 6. The summed E-state index contributed by atoms with van der Waals surface area (Å²) >= 11 is 1.59. The van der Waals surface area contributed by atoms with Crippen LogP contribution in [0.1, 0.15) is 19.4 Å². The van der Waals surface area contributed by atoms with Crippen molar-refractivity contribution in [3.63, 3.8) is 0 Å². The first kappa shape index (κ1) is 19.1. The van der Waals surface area contributed by atoms with Gasteiger partial charge in [0.05, 0.1) is 24.2 Å². The summed E-state index contributed by atoms with van der Waals surface area (Å²) in [5, 5.41) is 9.13. The average molecular weight is 351 g/mol. The number of nitrogens with zero attached hydrogens (tertiary/aromatic N) is 2. The van der Waals surface area contributed by atoms with E-state index in [0.29, 0.717) is 30.4 Å². The maximum absolute atomic E-state index is 9.13. The third kappa shape index (κ3) is 5.05. The molecular formula is C17H19ClN2O2S. The van der Waals surface area contributed by atoms with Crippen LogP contribution in [0.15, 0.2) is 46.2 Å². The number of diazo groups is 1. The Morgan fingerprint density at radius 1 is 1.00 bits per heavy atom. The Morgan fingerprint density at radius 2 is 1.61 bits per heavy atom. The highest BCUT2D eigenvalue weighted by Crippen LogP contribution is 2.42. The molecular weight excluding hydrogens is 332 g/mol. The summed E-state index contributed by atoms with van der Waals surface area (Å²) < 4.78 is 11.2. The largest absolute Gasteiger partial charge is 1.00 e. The summed E-state index contributed by atoms with van der Waals surface area (Å²) in [6.45, 7) is 6.92. The molecule has 0 fully saturated rings. The van der Waals surface area contributed by atoms with Crippen LogP contribution in [0.4, 0.5) is 5.69 Å². The van der Waals surface area contributed by atoms with Gasteiger partial charge < -0.3 is 21.9 Å². The summed E-state index contributed by atoms with van der Waals surface area (Å²) in [4.78, 5) is 5.32. The topological polar surface area (TPSA) is 46.6 Å². The Labute approximate surface area is 147 Å². The molecule has 0 radical (unpaired) electrons. The summed E-state index contributed by atoms with van der Waals surface area (Å²) in [5.74, 6) is 1.23. The quantitative estimate of drug-likeness (QED) is 0.751. The highest BCUT2D eigenvalue weighted by atomic mass is 35.5. The van der Waals surface area contributed by atoms with Crippen LogP contribution in [-0.4, -0.2) is 13.2 Å². The first-order valence-corrected chi connectivity index (χ1v) is 8.02. The Bertz CT molecular complexity index is 684. The second-order valence-corrected chi connectivity index (χ2v) is 5.76. The number of benzene rings is 2. The fourth-order valence-electron chi connectivity index (χ4n) is 1.96. The lowest BCUT2D eigenvalue weighted by molar-refractivity contribution is -0.00000586. The van der Waals surface area contributed by atoms with Gasteiger partial charge in [0.1, 0.15) is 5.75 Å². The normalized spacial score (nSPS) is 9.65. The molecule has 0 saturated carbocycles. The van der Waals surface area contributed by atoms with Crippen molar-refractivity contribution in [2.24, 2.45) is 0 Å². The summed E-state index contributed by atoms with van der Waals surface area (Å²) in [6.07, 6.45) is 0. The lowest BCUT2D eigenvalue weighted by Crippen LogP contribution is -3.00. The molecule has 4 nitrogen and oxygen atoms in total. The third-order valence-electron chi connectivity index (χ3n) is 2.98. The van der Waals surface area contributed by atoms with Crippen molar-refractivity contribution < 1.29 is 21.9 Å². The monoisotopic (exact) mass is 350 g/mol. The molecule has 0 heterocycles. The minimum atomic E-state index is 0. The standard InChI is InChI=1S/C17H19N2O2S.ClH/c1-4-20-15-11-17(16(21-5-2)10-14(15)19-18)22-13-8-6-12(3)7-9-13;/h6-11H,4-5H2,1-3H3;1H/q+1;/p-1. The van der Waals surface area contributed by atoms with Crippen LogP contribution < -0.4 is 21.9 Å². The zero-order valence-electron chi connectivity index (χ0n) is 13.4. The Hall–Kier alpha value is -1.90. The molecule has 0 aromatic heterocycles. The van der Waals surface area contributed by atoms with Crippen molar-refractivity contribution in [2.45, 2.75) is 30.6 Å². The Kier molecular flexibility index (Phi) is 7.73. The van der Waals surface area contributed by atoms with Crippen LogP contribution in [0.25, 0.3) is 4.98 Å². The van der Waals surface area contributed by atoms with E-state index < -0.39 is 0 Å². The number of ether oxygens (including phenoxy) is 2. The van der Waals surface area contributed by atoms with Crippen molar-refractivity contribution in [3.8, 4) is 11.5 Å². The number of hydrogen-bond acceptors (Lipinski definition) is 4. The average Bonchev–Trinajstić information content (AvgIpc) is 2.52. The van der Waals surface area contributed by atoms with Gasteiger partial charge in [-0.2, -0.15) is 0 Å². The first-order valence-electron chi connectivity index (χ1n) is 7.21. The van der Waals surface area contributed by atoms with Gasteiger partial charge in [0, 0.05) is 11.0 Å². The van der Waals surface area contributed by atoms with Crippen LogP contribution in [0.2, 0.25) is 0 Å². The molecule has 2 aromatic carbocycles. The van der Waals surface area contributed by atoms with Gasteiger partial charge in [-0.15, -0.1) is 0 Å². The van der Waals surface area contributed by atoms with Crippen LogP contribution >= 0.6 is 11.8 Å². The van der Waals surface area contributed by atoms with E-state index in [0.717, 1.165) is 9.79 Å². The minimum Gasteiger partial charge on any atom is -1.00 e. The smallest absolute Gasteiger partial charge is 0.430 e. The molecule has 0 aliphatic rings. The van der Waals surface area contributed by atoms with E-state index >= 15 is 0 Å². The van der Waals surface area contributed by atoms with Gasteiger partial charge in [0.25, 0.3) is 0 Å². The van der Waals surface area contributed by atoms with Crippen LogP contribution in [0.3, 0.4) is 0 Å². The first-order chi connectivity index (χ1) is 10.7. The molecule has 0 N–H and O–H groups in total. The highest BCUT2D eigenvalue weighted by Gasteiger charge is 2.21. The van der Waals surface area contributed by atoms with Crippen molar-refractivity contribution >= 4 is 17.4 Å². The van der Waals surface area contributed by atoms with E-state index in [1.807, 2.05) is 19.9 Å². The fourth-order valence-corrected chi connectivity index (χ4v) is 2.87. The lowest BCUT2D eigenvalue weighted by atomic mass is 10.2. The lowest BCUT2D eigenvalue weighted by Gasteiger charge is -2.11. The van der Waals surface area contributed by atoms with E-state index in [2.05, 4.69) is 36.2 Å². The number of hydrogen-bond donors (Lipinski definition) is 0. The molecule has 23 heavy (non-hydrogen) atoms. The van der Waals surface area contributed by atoms with E-state index in [1.54, 1.807) is 17.8 Å². The molecule has 0 aliphatic heterocycles. The van der Waals surface area contributed by atoms with E-state index in [-0.39, 0.29) is 12.4 Å². The highest BCUT2D eigenvalue weighted by molar-refractivity contribution is 7.99. The maximum Gasteiger partial charge on any atom is 0.430 e.